The van der Waals surface area contributed by atoms with Crippen LogP contribution in [-0.4, -0.2) is 24.0 Å². The third-order valence-corrected chi connectivity index (χ3v) is 3.27. The zero-order valence-corrected chi connectivity index (χ0v) is 9.86. The number of nitrogens with zero attached hydrogens (tertiary/aromatic N) is 1. The molecule has 1 aromatic rings. The van der Waals surface area contributed by atoms with Crippen LogP contribution in [0.1, 0.15) is 24.5 Å². The molecule has 0 fully saturated rings. The van der Waals surface area contributed by atoms with Crippen molar-refractivity contribution in [3.8, 4) is 11.5 Å². The van der Waals surface area contributed by atoms with E-state index in [1.807, 2.05) is 24.0 Å². The summed E-state index contributed by atoms with van der Waals surface area (Å²) in [6.07, 6.45) is 0.549. The predicted octanol–water partition coefficient (Wildman–Crippen LogP) is 1.71. The summed E-state index contributed by atoms with van der Waals surface area (Å²) in [4.78, 5) is 13.6. The number of rotatable bonds is 1. The van der Waals surface area contributed by atoms with Crippen molar-refractivity contribution in [1.29, 1.82) is 0 Å². The van der Waals surface area contributed by atoms with E-state index in [-0.39, 0.29) is 5.91 Å². The molecular formula is C13H15NO3. The number of amides is 1. The number of ether oxygens (including phenoxy) is 2. The third-order valence-electron chi connectivity index (χ3n) is 3.27. The first-order valence-electron chi connectivity index (χ1n) is 5.97. The lowest BCUT2D eigenvalue weighted by Crippen LogP contribution is -2.24. The Kier molecular flexibility index (Phi) is 2.42. The first-order chi connectivity index (χ1) is 8.29. The molecule has 1 aromatic carbocycles. The SMILES string of the molecule is CCC(=O)N1Cc2ccc3c(c2C1)OCCO3. The van der Waals surface area contributed by atoms with Gasteiger partial charge in [0.25, 0.3) is 0 Å². The summed E-state index contributed by atoms with van der Waals surface area (Å²) >= 11 is 0. The van der Waals surface area contributed by atoms with Gasteiger partial charge in [-0.25, -0.2) is 0 Å². The average molecular weight is 233 g/mol. The Bertz CT molecular complexity index is 470. The van der Waals surface area contributed by atoms with Gasteiger partial charge in [0.1, 0.15) is 13.2 Å². The first-order valence-corrected chi connectivity index (χ1v) is 5.97. The number of carbonyl (C=O) groups excluding carboxylic acids is 1. The Labute approximate surface area is 100 Å². The van der Waals surface area contributed by atoms with E-state index in [0.717, 1.165) is 17.1 Å². The number of hydrogen-bond donors (Lipinski definition) is 0. The highest BCUT2D eigenvalue weighted by Crippen LogP contribution is 2.40. The summed E-state index contributed by atoms with van der Waals surface area (Å²) in [6, 6.07) is 3.97. The lowest BCUT2D eigenvalue weighted by molar-refractivity contribution is -0.131. The summed E-state index contributed by atoms with van der Waals surface area (Å²) in [5, 5.41) is 0. The van der Waals surface area contributed by atoms with Crippen molar-refractivity contribution in [3.63, 3.8) is 0 Å². The molecule has 0 aromatic heterocycles. The summed E-state index contributed by atoms with van der Waals surface area (Å²) in [5.41, 5.74) is 2.29. The molecule has 0 atom stereocenters. The lowest BCUT2D eigenvalue weighted by Gasteiger charge is -2.20. The Hall–Kier alpha value is -1.71. The maximum atomic E-state index is 11.7. The Balaban J connectivity index is 1.94. The van der Waals surface area contributed by atoms with E-state index in [1.54, 1.807) is 0 Å². The van der Waals surface area contributed by atoms with Gasteiger partial charge in [-0.05, 0) is 11.6 Å². The van der Waals surface area contributed by atoms with E-state index in [0.29, 0.717) is 32.7 Å². The largest absolute Gasteiger partial charge is 0.486 e. The highest BCUT2D eigenvalue weighted by Gasteiger charge is 2.28. The van der Waals surface area contributed by atoms with Crippen molar-refractivity contribution in [3.05, 3.63) is 23.3 Å². The van der Waals surface area contributed by atoms with Crippen molar-refractivity contribution in [2.45, 2.75) is 26.4 Å². The van der Waals surface area contributed by atoms with Gasteiger partial charge in [-0.3, -0.25) is 4.79 Å². The Morgan fingerprint density at radius 3 is 2.94 bits per heavy atom. The van der Waals surface area contributed by atoms with Gasteiger partial charge in [0.15, 0.2) is 11.5 Å². The van der Waals surface area contributed by atoms with Gasteiger partial charge in [0.2, 0.25) is 5.91 Å². The van der Waals surface area contributed by atoms with Gasteiger partial charge >= 0.3 is 0 Å². The fourth-order valence-corrected chi connectivity index (χ4v) is 2.39. The van der Waals surface area contributed by atoms with Gasteiger partial charge in [-0.1, -0.05) is 13.0 Å². The molecule has 1 amide bonds. The minimum atomic E-state index is 0.187. The molecule has 0 unspecified atom stereocenters. The van der Waals surface area contributed by atoms with Gasteiger partial charge in [0, 0.05) is 18.5 Å². The molecule has 2 aliphatic rings. The molecule has 0 radical (unpaired) electrons. The molecule has 4 heteroatoms. The summed E-state index contributed by atoms with van der Waals surface area (Å²) in [6.45, 7) is 4.42. The molecule has 90 valence electrons. The van der Waals surface area contributed by atoms with E-state index in [2.05, 4.69) is 0 Å². The number of fused-ring (bicyclic) bond motifs is 3. The average Bonchev–Trinajstić information content (AvgIpc) is 2.82. The zero-order chi connectivity index (χ0) is 11.8. The fraction of sp³-hybridized carbons (Fsp3) is 0.462. The summed E-state index contributed by atoms with van der Waals surface area (Å²) in [5.74, 6) is 1.83. The van der Waals surface area contributed by atoms with Gasteiger partial charge in [0.05, 0.1) is 6.54 Å². The van der Waals surface area contributed by atoms with Crippen LogP contribution < -0.4 is 9.47 Å². The fourth-order valence-electron chi connectivity index (χ4n) is 2.39. The van der Waals surface area contributed by atoms with Crippen LogP contribution in [0.5, 0.6) is 11.5 Å². The second-order valence-electron chi connectivity index (χ2n) is 4.33. The number of carbonyl (C=O) groups is 1. The molecule has 2 heterocycles. The van der Waals surface area contributed by atoms with Gasteiger partial charge in [-0.2, -0.15) is 0 Å². The van der Waals surface area contributed by atoms with Gasteiger partial charge < -0.3 is 14.4 Å². The second kappa shape index (κ2) is 3.95. The van der Waals surface area contributed by atoms with Crippen molar-refractivity contribution >= 4 is 5.91 Å². The lowest BCUT2D eigenvalue weighted by atomic mass is 10.1. The molecule has 0 saturated heterocycles. The van der Waals surface area contributed by atoms with E-state index < -0.39 is 0 Å². The molecule has 0 bridgehead atoms. The molecule has 3 rings (SSSR count). The molecule has 4 nitrogen and oxygen atoms in total. The predicted molar refractivity (Wildman–Crippen MR) is 62.0 cm³/mol. The topological polar surface area (TPSA) is 38.8 Å². The third kappa shape index (κ3) is 1.64. The number of hydrogen-bond acceptors (Lipinski definition) is 3. The van der Waals surface area contributed by atoms with Crippen LogP contribution in [0.4, 0.5) is 0 Å². The van der Waals surface area contributed by atoms with Crippen LogP contribution in [0.2, 0.25) is 0 Å². The summed E-state index contributed by atoms with van der Waals surface area (Å²) < 4.78 is 11.2. The monoisotopic (exact) mass is 233 g/mol. The highest BCUT2D eigenvalue weighted by molar-refractivity contribution is 5.77. The van der Waals surface area contributed by atoms with Crippen molar-refractivity contribution < 1.29 is 14.3 Å². The first kappa shape index (κ1) is 10.4. The number of benzene rings is 1. The maximum Gasteiger partial charge on any atom is 0.222 e. The van der Waals surface area contributed by atoms with E-state index in [9.17, 15) is 4.79 Å². The molecule has 2 aliphatic heterocycles. The Morgan fingerprint density at radius 2 is 2.12 bits per heavy atom. The molecule has 0 N–H and O–H groups in total. The van der Waals surface area contributed by atoms with Gasteiger partial charge in [-0.15, -0.1) is 0 Å². The smallest absolute Gasteiger partial charge is 0.222 e. The van der Waals surface area contributed by atoms with Crippen LogP contribution in [0.3, 0.4) is 0 Å². The highest BCUT2D eigenvalue weighted by atomic mass is 16.6. The van der Waals surface area contributed by atoms with Crippen LogP contribution >= 0.6 is 0 Å². The van der Waals surface area contributed by atoms with Crippen molar-refractivity contribution in [2.75, 3.05) is 13.2 Å². The van der Waals surface area contributed by atoms with E-state index in [1.165, 1.54) is 5.56 Å². The maximum absolute atomic E-state index is 11.7. The second-order valence-corrected chi connectivity index (χ2v) is 4.33. The van der Waals surface area contributed by atoms with Crippen LogP contribution in [0.15, 0.2) is 12.1 Å². The Morgan fingerprint density at radius 1 is 1.29 bits per heavy atom. The normalized spacial score (nSPS) is 16.9. The van der Waals surface area contributed by atoms with Crippen molar-refractivity contribution in [2.24, 2.45) is 0 Å². The standard InChI is InChI=1S/C13H15NO3/c1-2-12(15)14-7-9-3-4-11-13(10(9)8-14)17-6-5-16-11/h3-4H,2,5-8H2,1H3. The van der Waals surface area contributed by atoms with E-state index >= 15 is 0 Å². The quantitative estimate of drug-likeness (QED) is 0.741. The minimum Gasteiger partial charge on any atom is -0.486 e. The van der Waals surface area contributed by atoms with Crippen LogP contribution in [0.25, 0.3) is 0 Å². The molecular weight excluding hydrogens is 218 g/mol. The van der Waals surface area contributed by atoms with E-state index in [4.69, 9.17) is 9.47 Å². The van der Waals surface area contributed by atoms with Crippen molar-refractivity contribution in [1.82, 2.24) is 4.90 Å². The minimum absolute atomic E-state index is 0.187. The molecule has 17 heavy (non-hydrogen) atoms. The zero-order valence-electron chi connectivity index (χ0n) is 9.86. The molecule has 0 spiro atoms. The summed E-state index contributed by atoms with van der Waals surface area (Å²) in [7, 11) is 0. The van der Waals surface area contributed by atoms with Crippen LogP contribution in [0, 0.1) is 0 Å². The molecule has 0 saturated carbocycles. The van der Waals surface area contributed by atoms with Crippen LogP contribution in [-0.2, 0) is 17.9 Å². The molecule has 0 aliphatic carbocycles.